The van der Waals surface area contributed by atoms with E-state index in [1.807, 2.05) is 6.07 Å². The zero-order chi connectivity index (χ0) is 15.0. The van der Waals surface area contributed by atoms with E-state index in [1.54, 1.807) is 6.07 Å². The van der Waals surface area contributed by atoms with Gasteiger partial charge in [0.1, 0.15) is 0 Å². The summed E-state index contributed by atoms with van der Waals surface area (Å²) in [5.41, 5.74) is 0.947. The van der Waals surface area contributed by atoms with Crippen LogP contribution in [0.25, 0.3) is 0 Å². The first-order valence-electron chi connectivity index (χ1n) is 7.28. The number of methoxy groups -OCH3 is 1. The smallest absolute Gasteiger partial charge is 0.165 e. The molecular formula is C16H27FN2O. The van der Waals surface area contributed by atoms with Crippen LogP contribution in [0.3, 0.4) is 0 Å². The van der Waals surface area contributed by atoms with Crippen molar-refractivity contribution in [3.63, 3.8) is 0 Å². The summed E-state index contributed by atoms with van der Waals surface area (Å²) in [6, 6.07) is 5.69. The number of nitrogens with one attached hydrogen (secondary N) is 1. The highest BCUT2D eigenvalue weighted by Gasteiger charge is 2.04. The van der Waals surface area contributed by atoms with E-state index in [-0.39, 0.29) is 5.82 Å². The summed E-state index contributed by atoms with van der Waals surface area (Å²) in [6.07, 6.45) is 2.31. The Balaban J connectivity index is 2.17. The van der Waals surface area contributed by atoms with Gasteiger partial charge >= 0.3 is 0 Å². The molecule has 0 spiro atoms. The van der Waals surface area contributed by atoms with Crippen LogP contribution in [0.4, 0.5) is 4.39 Å². The van der Waals surface area contributed by atoms with Crippen LogP contribution in [0.15, 0.2) is 18.2 Å². The molecule has 0 aromatic heterocycles. The number of hydrogen-bond acceptors (Lipinski definition) is 3. The van der Waals surface area contributed by atoms with Crippen molar-refractivity contribution in [2.24, 2.45) is 0 Å². The maximum Gasteiger partial charge on any atom is 0.165 e. The lowest BCUT2D eigenvalue weighted by molar-refractivity contribution is 0.268. The molecule has 4 heteroatoms. The average molecular weight is 282 g/mol. The molecule has 0 atom stereocenters. The van der Waals surface area contributed by atoms with Crippen LogP contribution in [0, 0.1) is 5.82 Å². The number of rotatable bonds is 9. The lowest BCUT2D eigenvalue weighted by Crippen LogP contribution is -2.27. The first kappa shape index (κ1) is 16.9. The van der Waals surface area contributed by atoms with Crippen molar-refractivity contribution in [3.8, 4) is 5.75 Å². The van der Waals surface area contributed by atoms with Crippen LogP contribution >= 0.6 is 0 Å². The molecule has 0 saturated heterocycles. The molecule has 1 aromatic rings. The Morgan fingerprint density at radius 1 is 1.30 bits per heavy atom. The van der Waals surface area contributed by atoms with Gasteiger partial charge in [-0.2, -0.15) is 0 Å². The molecule has 0 unspecified atom stereocenters. The molecule has 0 amide bonds. The fourth-order valence-electron chi connectivity index (χ4n) is 1.92. The second kappa shape index (κ2) is 8.93. The van der Waals surface area contributed by atoms with Crippen molar-refractivity contribution in [1.29, 1.82) is 0 Å². The normalized spacial score (nSPS) is 11.3. The summed E-state index contributed by atoms with van der Waals surface area (Å²) >= 11 is 0. The average Bonchev–Trinajstić information content (AvgIpc) is 2.42. The van der Waals surface area contributed by atoms with E-state index in [9.17, 15) is 4.39 Å². The van der Waals surface area contributed by atoms with Crippen LogP contribution in [-0.2, 0) is 6.54 Å². The molecule has 1 aromatic carbocycles. The SMILES string of the molecule is COc1ccc(CNCCCCN(C)C(C)C)cc1F. The van der Waals surface area contributed by atoms with E-state index in [0.717, 1.165) is 25.1 Å². The predicted octanol–water partition coefficient (Wildman–Crippen LogP) is 3.04. The number of unbranched alkanes of at least 4 members (excludes halogenated alkanes) is 1. The third-order valence-corrected chi connectivity index (χ3v) is 3.54. The van der Waals surface area contributed by atoms with Crippen molar-refractivity contribution < 1.29 is 9.13 Å². The quantitative estimate of drug-likeness (QED) is 0.705. The Labute approximate surface area is 122 Å². The van der Waals surface area contributed by atoms with Gasteiger partial charge < -0.3 is 15.0 Å². The monoisotopic (exact) mass is 282 g/mol. The Kier molecular flexibility index (Phi) is 7.55. The van der Waals surface area contributed by atoms with Gasteiger partial charge in [0.15, 0.2) is 11.6 Å². The number of benzene rings is 1. The molecule has 0 saturated carbocycles. The fraction of sp³-hybridized carbons (Fsp3) is 0.625. The number of hydrogen-bond donors (Lipinski definition) is 1. The number of halogens is 1. The third kappa shape index (κ3) is 5.88. The molecule has 0 fully saturated rings. The number of nitrogens with zero attached hydrogens (tertiary/aromatic N) is 1. The van der Waals surface area contributed by atoms with Crippen molar-refractivity contribution >= 4 is 0 Å². The van der Waals surface area contributed by atoms with Gasteiger partial charge in [0.2, 0.25) is 0 Å². The van der Waals surface area contributed by atoms with Crippen LogP contribution in [0.5, 0.6) is 5.75 Å². The molecule has 0 radical (unpaired) electrons. The van der Waals surface area contributed by atoms with Crippen LogP contribution < -0.4 is 10.1 Å². The molecule has 3 nitrogen and oxygen atoms in total. The second-order valence-electron chi connectivity index (χ2n) is 5.43. The summed E-state index contributed by atoms with van der Waals surface area (Å²) < 4.78 is 18.4. The molecule has 1 N–H and O–H groups in total. The Hall–Kier alpha value is -1.13. The van der Waals surface area contributed by atoms with Gasteiger partial charge in [0.05, 0.1) is 7.11 Å². The topological polar surface area (TPSA) is 24.5 Å². The Morgan fingerprint density at radius 2 is 2.05 bits per heavy atom. The summed E-state index contributed by atoms with van der Waals surface area (Å²) in [5, 5.41) is 3.34. The van der Waals surface area contributed by atoms with Gasteiger partial charge in [-0.1, -0.05) is 6.07 Å². The highest BCUT2D eigenvalue weighted by molar-refractivity contribution is 5.29. The van der Waals surface area contributed by atoms with Gasteiger partial charge in [0, 0.05) is 12.6 Å². The minimum absolute atomic E-state index is 0.297. The summed E-state index contributed by atoms with van der Waals surface area (Å²) in [7, 11) is 3.63. The van der Waals surface area contributed by atoms with E-state index < -0.39 is 0 Å². The maximum atomic E-state index is 13.5. The second-order valence-corrected chi connectivity index (χ2v) is 5.43. The lowest BCUT2D eigenvalue weighted by atomic mass is 10.2. The molecule has 0 bridgehead atoms. The van der Waals surface area contributed by atoms with Gasteiger partial charge in [-0.05, 0) is 64.5 Å². The summed E-state index contributed by atoms with van der Waals surface area (Å²) in [5.74, 6) is -0.00386. The molecule has 20 heavy (non-hydrogen) atoms. The summed E-state index contributed by atoms with van der Waals surface area (Å²) in [4.78, 5) is 2.35. The Morgan fingerprint density at radius 3 is 2.65 bits per heavy atom. The molecule has 0 aliphatic heterocycles. The minimum atomic E-state index is -0.301. The molecule has 0 aliphatic carbocycles. The molecular weight excluding hydrogens is 255 g/mol. The van der Waals surface area contributed by atoms with Crippen molar-refractivity contribution in [2.45, 2.75) is 39.3 Å². The first-order valence-corrected chi connectivity index (χ1v) is 7.28. The van der Waals surface area contributed by atoms with E-state index in [0.29, 0.717) is 18.3 Å². The summed E-state index contributed by atoms with van der Waals surface area (Å²) in [6.45, 7) is 7.18. The highest BCUT2D eigenvalue weighted by Crippen LogP contribution is 2.17. The minimum Gasteiger partial charge on any atom is -0.494 e. The molecule has 0 aliphatic rings. The van der Waals surface area contributed by atoms with Gasteiger partial charge in [0.25, 0.3) is 0 Å². The van der Waals surface area contributed by atoms with E-state index >= 15 is 0 Å². The van der Waals surface area contributed by atoms with E-state index in [1.165, 1.54) is 19.6 Å². The van der Waals surface area contributed by atoms with Crippen LogP contribution in [0.1, 0.15) is 32.3 Å². The van der Waals surface area contributed by atoms with E-state index in [4.69, 9.17) is 4.74 Å². The van der Waals surface area contributed by atoms with Crippen LogP contribution in [-0.4, -0.2) is 38.2 Å². The molecule has 114 valence electrons. The predicted molar refractivity (Wildman–Crippen MR) is 81.7 cm³/mol. The zero-order valence-electron chi connectivity index (χ0n) is 13.1. The standard InChI is InChI=1S/C16H27FN2O/c1-13(2)19(3)10-6-5-9-18-12-14-7-8-16(20-4)15(17)11-14/h7-8,11,13,18H,5-6,9-10,12H2,1-4H3. The maximum absolute atomic E-state index is 13.5. The van der Waals surface area contributed by atoms with Gasteiger partial charge in [-0.25, -0.2) is 4.39 Å². The van der Waals surface area contributed by atoms with Gasteiger partial charge in [-0.15, -0.1) is 0 Å². The van der Waals surface area contributed by atoms with Crippen LogP contribution in [0.2, 0.25) is 0 Å². The largest absolute Gasteiger partial charge is 0.494 e. The Bertz CT molecular complexity index is 396. The highest BCUT2D eigenvalue weighted by atomic mass is 19.1. The van der Waals surface area contributed by atoms with Crippen molar-refractivity contribution in [3.05, 3.63) is 29.6 Å². The molecule has 1 rings (SSSR count). The lowest BCUT2D eigenvalue weighted by Gasteiger charge is -2.20. The fourth-order valence-corrected chi connectivity index (χ4v) is 1.92. The zero-order valence-corrected chi connectivity index (χ0v) is 13.1. The van der Waals surface area contributed by atoms with Crippen molar-refractivity contribution in [1.82, 2.24) is 10.2 Å². The molecule has 0 heterocycles. The third-order valence-electron chi connectivity index (χ3n) is 3.54. The van der Waals surface area contributed by atoms with E-state index in [2.05, 4.69) is 31.1 Å². The first-order chi connectivity index (χ1) is 9.54. The van der Waals surface area contributed by atoms with Gasteiger partial charge in [-0.3, -0.25) is 0 Å². The number of ether oxygens (including phenoxy) is 1. The van der Waals surface area contributed by atoms with Crippen molar-refractivity contribution in [2.75, 3.05) is 27.2 Å².